The number of carboxylic acid groups (broad SMARTS) is 1. The Morgan fingerprint density at radius 1 is 1.08 bits per heavy atom. The lowest BCUT2D eigenvalue weighted by Gasteiger charge is -2.51. The van der Waals surface area contributed by atoms with E-state index in [0.29, 0.717) is 17.3 Å². The lowest BCUT2D eigenvalue weighted by molar-refractivity contribution is -0.163. The van der Waals surface area contributed by atoms with Gasteiger partial charge in [0.2, 0.25) is 5.91 Å². The second-order valence-electron chi connectivity index (χ2n) is 12.0. The predicted octanol–water partition coefficient (Wildman–Crippen LogP) is 5.22. The maximum absolute atomic E-state index is 13.3. The summed E-state index contributed by atoms with van der Waals surface area (Å²) in [5.74, 6) is -0.716. The van der Waals surface area contributed by atoms with E-state index in [-0.39, 0.29) is 23.9 Å². The fraction of sp³-hybridized carbons (Fsp3) is 0.517. The number of methoxy groups -OCH3 is 1. The zero-order chi connectivity index (χ0) is 29.3. The van der Waals surface area contributed by atoms with Crippen LogP contribution in [0, 0.1) is 12.8 Å². The third-order valence-electron chi connectivity index (χ3n) is 6.76. The van der Waals surface area contributed by atoms with Crippen LogP contribution in [0.3, 0.4) is 0 Å². The predicted molar refractivity (Wildman–Crippen MR) is 151 cm³/mol. The van der Waals surface area contributed by atoms with E-state index >= 15 is 0 Å². The quantitative estimate of drug-likeness (QED) is 0.352. The summed E-state index contributed by atoms with van der Waals surface area (Å²) in [4.78, 5) is 44.8. The molecule has 1 aliphatic rings. The molecule has 3 rings (SSSR count). The molecule has 9 nitrogen and oxygen atoms in total. The molecule has 2 heterocycles. The minimum Gasteiger partial charge on any atom is -0.497 e. The highest BCUT2D eigenvalue weighted by atomic mass is 28.3. The van der Waals surface area contributed by atoms with Crippen molar-refractivity contribution in [2.45, 2.75) is 84.7 Å². The Hall–Kier alpha value is -3.40. The molecule has 1 aromatic heterocycles. The number of aryl methyl sites for hydroxylation is 1. The molecule has 1 aromatic carbocycles. The number of benzene rings is 1. The third-order valence-corrected chi connectivity index (χ3v) is 10.2. The number of rotatable bonds is 8. The number of amides is 2. The van der Waals surface area contributed by atoms with E-state index in [9.17, 15) is 19.5 Å². The number of carbonyl (C=O) groups is 3. The van der Waals surface area contributed by atoms with Crippen molar-refractivity contribution in [1.29, 1.82) is 0 Å². The fourth-order valence-corrected chi connectivity index (χ4v) is 6.39. The molecule has 10 heteroatoms. The minimum atomic E-state index is -1.40. The van der Waals surface area contributed by atoms with E-state index in [2.05, 4.69) is 4.98 Å². The highest BCUT2D eigenvalue weighted by Crippen LogP contribution is 2.39. The Balaban J connectivity index is 1.93. The number of β-lactam (4-membered cyclic amide) rings is 1. The zero-order valence-electron chi connectivity index (χ0n) is 24.4. The van der Waals surface area contributed by atoms with Crippen LogP contribution in [0.1, 0.15) is 58.4 Å². The Morgan fingerprint density at radius 2 is 1.69 bits per heavy atom. The van der Waals surface area contributed by atoms with Crippen molar-refractivity contribution in [3.05, 3.63) is 53.2 Å². The molecule has 2 aromatic rings. The van der Waals surface area contributed by atoms with E-state index in [1.165, 1.54) is 4.90 Å². The summed E-state index contributed by atoms with van der Waals surface area (Å²) in [5.41, 5.74) is 1.52. The lowest BCUT2D eigenvalue weighted by Crippen LogP contribution is -2.70. The third kappa shape index (κ3) is 7.17. The van der Waals surface area contributed by atoms with Crippen molar-refractivity contribution in [2.24, 2.45) is 5.92 Å². The normalized spacial score (nSPS) is 17.6. The van der Waals surface area contributed by atoms with Crippen LogP contribution in [-0.4, -0.2) is 60.3 Å². The van der Waals surface area contributed by atoms with Gasteiger partial charge >= 0.3 is 12.1 Å². The molecule has 1 N–H and O–H groups in total. The van der Waals surface area contributed by atoms with Gasteiger partial charge in [-0.25, -0.2) is 14.6 Å². The van der Waals surface area contributed by atoms with Crippen LogP contribution in [0.2, 0.25) is 11.6 Å². The summed E-state index contributed by atoms with van der Waals surface area (Å²) in [5, 5.41) is 9.84. The summed E-state index contributed by atoms with van der Waals surface area (Å²) in [6.45, 7) is 15.5. The average molecular weight is 555 g/mol. The van der Waals surface area contributed by atoms with Crippen molar-refractivity contribution < 1.29 is 29.0 Å². The zero-order valence-corrected chi connectivity index (χ0v) is 25.4. The van der Waals surface area contributed by atoms with E-state index < -0.39 is 38.6 Å². The second-order valence-corrected chi connectivity index (χ2v) is 15.2. The number of aromatic nitrogens is 1. The number of carbonyl (C=O) groups excluding carboxylic acids is 2. The number of nitrogens with zero attached hydrogens (tertiary/aromatic N) is 3. The number of hydrogen-bond acceptors (Lipinski definition) is 6. The van der Waals surface area contributed by atoms with Gasteiger partial charge < -0.3 is 19.1 Å². The molecule has 1 radical (unpaired) electrons. The standard InChI is InChI=1S/C29H40N3O6Si/c1-18-14-20(15-22-24(26(34)35)32(25(22)33)39(9)29(5,6)7)16-23(30-18)31(27(36)38-28(2,3)4)17-19-10-12-21(37-8)13-11-19/h10-14,16,22,24H,15,17H2,1-9H3,(H,34,35)/t22-,24+/m1/s1. The second kappa shape index (κ2) is 11.4. The number of carboxylic acids is 1. The van der Waals surface area contributed by atoms with Gasteiger partial charge in [0.1, 0.15) is 23.2 Å². The first-order valence-corrected chi connectivity index (χ1v) is 15.0. The molecule has 1 fully saturated rings. The van der Waals surface area contributed by atoms with Gasteiger partial charge in [-0.3, -0.25) is 9.69 Å². The molecule has 1 aliphatic heterocycles. The molecule has 211 valence electrons. The Morgan fingerprint density at radius 3 is 2.21 bits per heavy atom. The van der Waals surface area contributed by atoms with Crippen LogP contribution < -0.4 is 9.64 Å². The van der Waals surface area contributed by atoms with Gasteiger partial charge in [0.05, 0.1) is 19.6 Å². The van der Waals surface area contributed by atoms with Gasteiger partial charge in [-0.15, -0.1) is 0 Å². The maximum atomic E-state index is 13.3. The average Bonchev–Trinajstić information content (AvgIpc) is 2.81. The summed E-state index contributed by atoms with van der Waals surface area (Å²) >= 11 is 0. The number of ether oxygens (including phenoxy) is 2. The van der Waals surface area contributed by atoms with E-state index in [1.54, 1.807) is 38.5 Å². The monoisotopic (exact) mass is 554 g/mol. The molecule has 0 saturated carbocycles. The molecule has 2 amide bonds. The molecule has 1 saturated heterocycles. The number of anilines is 1. The summed E-state index contributed by atoms with van der Waals surface area (Å²) in [6, 6.07) is 10.1. The van der Waals surface area contributed by atoms with Crippen molar-refractivity contribution in [3.8, 4) is 5.75 Å². The Labute approximate surface area is 232 Å². The molecule has 2 atom stereocenters. The summed E-state index contributed by atoms with van der Waals surface area (Å²) in [7, 11) is 0.193. The molecular weight excluding hydrogens is 514 g/mol. The van der Waals surface area contributed by atoms with Crippen molar-refractivity contribution >= 4 is 32.7 Å². The smallest absolute Gasteiger partial charge is 0.416 e. The highest BCUT2D eigenvalue weighted by Gasteiger charge is 2.55. The number of aliphatic carboxylic acids is 1. The van der Waals surface area contributed by atoms with Crippen LogP contribution in [-0.2, 0) is 27.3 Å². The fourth-order valence-electron chi connectivity index (χ4n) is 4.47. The summed E-state index contributed by atoms with van der Waals surface area (Å²) in [6.07, 6.45) is -0.313. The van der Waals surface area contributed by atoms with Crippen molar-refractivity contribution in [3.63, 3.8) is 0 Å². The topological polar surface area (TPSA) is 109 Å². The van der Waals surface area contributed by atoms with Crippen molar-refractivity contribution in [2.75, 3.05) is 12.0 Å². The molecule has 0 aliphatic carbocycles. The van der Waals surface area contributed by atoms with Gasteiger partial charge in [-0.1, -0.05) is 39.5 Å². The lowest BCUT2D eigenvalue weighted by atomic mass is 9.84. The van der Waals surface area contributed by atoms with Gasteiger partial charge in [-0.05, 0) is 74.5 Å². The molecule has 0 unspecified atom stereocenters. The van der Waals surface area contributed by atoms with Crippen LogP contribution in [0.25, 0.3) is 0 Å². The van der Waals surface area contributed by atoms with Gasteiger partial charge in [0.25, 0.3) is 0 Å². The van der Waals surface area contributed by atoms with E-state index in [1.807, 2.05) is 64.6 Å². The van der Waals surface area contributed by atoms with Crippen LogP contribution in [0.5, 0.6) is 5.75 Å². The first-order valence-electron chi connectivity index (χ1n) is 13.0. The SMILES string of the molecule is COc1ccc(CN(C(=O)OC(C)(C)C)c2cc(C[C@H]3C(=O)N([Si](C)C(C)(C)C)[C@@H]3C(=O)O)cc(C)n2)cc1. The van der Waals surface area contributed by atoms with Crippen LogP contribution >= 0.6 is 0 Å². The van der Waals surface area contributed by atoms with E-state index in [0.717, 1.165) is 11.1 Å². The van der Waals surface area contributed by atoms with Gasteiger partial charge in [-0.2, -0.15) is 0 Å². The molecule has 0 bridgehead atoms. The molecule has 39 heavy (non-hydrogen) atoms. The molecule has 0 spiro atoms. The Bertz CT molecular complexity index is 1220. The summed E-state index contributed by atoms with van der Waals surface area (Å²) < 4.78 is 12.5. The van der Waals surface area contributed by atoms with Gasteiger partial charge in [0.15, 0.2) is 8.96 Å². The maximum Gasteiger partial charge on any atom is 0.416 e. The first-order chi connectivity index (χ1) is 18.0. The largest absolute Gasteiger partial charge is 0.497 e. The molecular formula is C29H40N3O6Si. The highest BCUT2D eigenvalue weighted by molar-refractivity contribution is 6.61. The first kappa shape index (κ1) is 30.1. The van der Waals surface area contributed by atoms with Gasteiger partial charge in [0, 0.05) is 5.69 Å². The van der Waals surface area contributed by atoms with Crippen LogP contribution in [0.15, 0.2) is 36.4 Å². The number of pyridine rings is 1. The Kier molecular flexibility index (Phi) is 8.79. The van der Waals surface area contributed by atoms with E-state index in [4.69, 9.17) is 9.47 Å². The van der Waals surface area contributed by atoms with Crippen molar-refractivity contribution in [1.82, 2.24) is 9.55 Å². The van der Waals surface area contributed by atoms with Crippen LogP contribution in [0.4, 0.5) is 10.6 Å². The minimum absolute atomic E-state index is 0.132. The number of hydrogen-bond donors (Lipinski definition) is 1.